The molecule has 0 spiro atoms. The molecule has 1 aliphatic rings. The van der Waals surface area contributed by atoms with E-state index in [1.807, 2.05) is 0 Å². The SMILES string of the molecule is CCCCc1c(C#N)nnn1-c1nc2c(s1)CCCC2. The lowest BCUT2D eigenvalue weighted by atomic mass is 10.0. The van der Waals surface area contributed by atoms with Crippen LogP contribution in [0, 0.1) is 11.3 Å². The van der Waals surface area contributed by atoms with Gasteiger partial charge in [-0.15, -0.1) is 5.10 Å². The van der Waals surface area contributed by atoms with Gasteiger partial charge in [-0.3, -0.25) is 0 Å². The average molecular weight is 287 g/mol. The number of aryl methyl sites for hydroxylation is 2. The first-order chi connectivity index (χ1) is 9.83. The van der Waals surface area contributed by atoms with Crippen molar-refractivity contribution in [3.8, 4) is 11.2 Å². The topological polar surface area (TPSA) is 67.4 Å². The number of nitrogens with zero attached hydrogens (tertiary/aromatic N) is 5. The first-order valence-electron chi connectivity index (χ1n) is 7.17. The number of fused-ring (bicyclic) bond motifs is 1. The lowest BCUT2D eigenvalue weighted by Gasteiger charge is -2.06. The number of hydrogen-bond acceptors (Lipinski definition) is 5. The minimum atomic E-state index is 0.437. The number of hydrogen-bond donors (Lipinski definition) is 0. The number of thiazole rings is 1. The lowest BCUT2D eigenvalue weighted by molar-refractivity contribution is 0.675. The van der Waals surface area contributed by atoms with Gasteiger partial charge in [-0.05, 0) is 38.5 Å². The summed E-state index contributed by atoms with van der Waals surface area (Å²) in [5.74, 6) is 0. The summed E-state index contributed by atoms with van der Waals surface area (Å²) in [5.41, 5.74) is 2.55. The molecule has 0 radical (unpaired) electrons. The molecule has 2 aromatic rings. The Hall–Kier alpha value is -1.74. The molecule has 0 amide bonds. The predicted molar refractivity (Wildman–Crippen MR) is 77.0 cm³/mol. The number of unbranched alkanes of at least 4 members (excludes halogenated alkanes) is 1. The molecule has 6 heteroatoms. The van der Waals surface area contributed by atoms with E-state index in [0.717, 1.165) is 42.9 Å². The fourth-order valence-electron chi connectivity index (χ4n) is 2.54. The maximum Gasteiger partial charge on any atom is 0.212 e. The van der Waals surface area contributed by atoms with Crippen LogP contribution in [0.5, 0.6) is 0 Å². The van der Waals surface area contributed by atoms with E-state index in [4.69, 9.17) is 10.2 Å². The van der Waals surface area contributed by atoms with Crippen molar-refractivity contribution in [1.82, 2.24) is 20.0 Å². The molecule has 0 saturated heterocycles. The fourth-order valence-corrected chi connectivity index (χ4v) is 3.66. The van der Waals surface area contributed by atoms with Gasteiger partial charge >= 0.3 is 0 Å². The molecule has 0 aromatic carbocycles. The third-order valence-electron chi connectivity index (χ3n) is 3.65. The van der Waals surface area contributed by atoms with Gasteiger partial charge in [0.05, 0.1) is 11.4 Å². The molecule has 1 aliphatic carbocycles. The Balaban J connectivity index is 1.99. The molecule has 0 aliphatic heterocycles. The highest BCUT2D eigenvalue weighted by molar-refractivity contribution is 7.14. The Kier molecular flexibility index (Phi) is 3.79. The van der Waals surface area contributed by atoms with Crippen LogP contribution in [-0.4, -0.2) is 20.0 Å². The summed E-state index contributed by atoms with van der Waals surface area (Å²) in [6.45, 7) is 2.14. The molecule has 104 valence electrons. The van der Waals surface area contributed by atoms with E-state index in [1.165, 1.54) is 23.4 Å². The van der Waals surface area contributed by atoms with Gasteiger partial charge < -0.3 is 0 Å². The normalized spacial score (nSPS) is 14.0. The van der Waals surface area contributed by atoms with Gasteiger partial charge in [0.1, 0.15) is 6.07 Å². The molecule has 0 unspecified atom stereocenters. The first-order valence-corrected chi connectivity index (χ1v) is 7.98. The molecule has 5 nitrogen and oxygen atoms in total. The summed E-state index contributed by atoms with van der Waals surface area (Å²) in [6, 6.07) is 2.14. The second-order valence-corrected chi connectivity index (χ2v) is 6.15. The van der Waals surface area contributed by atoms with Crippen molar-refractivity contribution in [2.75, 3.05) is 0 Å². The lowest BCUT2D eigenvalue weighted by Crippen LogP contribution is -2.04. The Morgan fingerprint density at radius 1 is 1.35 bits per heavy atom. The van der Waals surface area contributed by atoms with E-state index >= 15 is 0 Å². The number of nitriles is 1. The standard InChI is InChI=1S/C14H17N5S/c1-2-3-7-12-11(9-15)17-18-19(12)14-16-10-6-4-5-8-13(10)20-14/h2-8H2,1H3. The monoisotopic (exact) mass is 287 g/mol. The van der Waals surface area contributed by atoms with Gasteiger partial charge in [0.2, 0.25) is 5.13 Å². The van der Waals surface area contributed by atoms with Crippen LogP contribution in [0.3, 0.4) is 0 Å². The van der Waals surface area contributed by atoms with Gasteiger partial charge in [0.15, 0.2) is 5.69 Å². The van der Waals surface area contributed by atoms with Crippen molar-refractivity contribution < 1.29 is 0 Å². The summed E-state index contributed by atoms with van der Waals surface area (Å²) in [5, 5.41) is 18.2. The Labute approximate surface area is 122 Å². The Morgan fingerprint density at radius 3 is 2.95 bits per heavy atom. The summed E-state index contributed by atoms with van der Waals surface area (Å²) in [7, 11) is 0. The smallest absolute Gasteiger partial charge is 0.212 e. The third-order valence-corrected chi connectivity index (χ3v) is 4.78. The van der Waals surface area contributed by atoms with Gasteiger partial charge in [-0.25, -0.2) is 4.98 Å². The zero-order valence-electron chi connectivity index (χ0n) is 11.6. The van der Waals surface area contributed by atoms with Crippen molar-refractivity contribution in [3.05, 3.63) is 22.0 Å². The van der Waals surface area contributed by atoms with Crippen LogP contribution in [0.15, 0.2) is 0 Å². The number of rotatable bonds is 4. The van der Waals surface area contributed by atoms with Crippen LogP contribution < -0.4 is 0 Å². The molecule has 0 saturated carbocycles. The average Bonchev–Trinajstić information content (AvgIpc) is 3.07. The van der Waals surface area contributed by atoms with E-state index in [2.05, 4.69) is 23.3 Å². The highest BCUT2D eigenvalue weighted by atomic mass is 32.1. The molecule has 0 N–H and O–H groups in total. The second-order valence-electron chi connectivity index (χ2n) is 5.09. The van der Waals surface area contributed by atoms with Crippen molar-refractivity contribution in [2.24, 2.45) is 0 Å². The van der Waals surface area contributed by atoms with Gasteiger partial charge in [-0.1, -0.05) is 29.9 Å². The van der Waals surface area contributed by atoms with Gasteiger partial charge in [0, 0.05) is 4.88 Å². The molecular formula is C14H17N5S. The minimum absolute atomic E-state index is 0.437. The van der Waals surface area contributed by atoms with Crippen LogP contribution in [-0.2, 0) is 19.3 Å². The minimum Gasteiger partial charge on any atom is -0.223 e. The van der Waals surface area contributed by atoms with Crippen LogP contribution in [0.1, 0.15) is 54.6 Å². The van der Waals surface area contributed by atoms with Crippen LogP contribution in [0.2, 0.25) is 0 Å². The van der Waals surface area contributed by atoms with E-state index in [-0.39, 0.29) is 0 Å². The Morgan fingerprint density at radius 2 is 2.20 bits per heavy atom. The molecule has 0 atom stereocenters. The maximum atomic E-state index is 9.16. The largest absolute Gasteiger partial charge is 0.223 e. The zero-order valence-corrected chi connectivity index (χ0v) is 12.4. The maximum absolute atomic E-state index is 9.16. The van der Waals surface area contributed by atoms with Crippen LogP contribution in [0.4, 0.5) is 0 Å². The van der Waals surface area contributed by atoms with E-state index in [1.54, 1.807) is 16.0 Å². The van der Waals surface area contributed by atoms with Gasteiger partial charge in [0.25, 0.3) is 0 Å². The van der Waals surface area contributed by atoms with E-state index < -0.39 is 0 Å². The van der Waals surface area contributed by atoms with Gasteiger partial charge in [-0.2, -0.15) is 9.94 Å². The fraction of sp³-hybridized carbons (Fsp3) is 0.571. The summed E-state index contributed by atoms with van der Waals surface area (Å²) in [4.78, 5) is 6.08. The van der Waals surface area contributed by atoms with Crippen molar-refractivity contribution in [2.45, 2.75) is 51.9 Å². The number of aromatic nitrogens is 4. The Bertz CT molecular complexity index is 626. The molecule has 2 heterocycles. The highest BCUT2D eigenvalue weighted by Crippen LogP contribution is 2.29. The molecule has 2 aromatic heterocycles. The van der Waals surface area contributed by atoms with Crippen LogP contribution >= 0.6 is 11.3 Å². The molecule has 0 fully saturated rings. The predicted octanol–water partition coefficient (Wildman–Crippen LogP) is 2.82. The first kappa shape index (κ1) is 13.3. The third kappa shape index (κ3) is 2.34. The van der Waals surface area contributed by atoms with E-state index in [9.17, 15) is 0 Å². The molecular weight excluding hydrogens is 270 g/mol. The molecule has 3 rings (SSSR count). The quantitative estimate of drug-likeness (QED) is 0.867. The molecule has 0 bridgehead atoms. The zero-order chi connectivity index (χ0) is 13.9. The summed E-state index contributed by atoms with van der Waals surface area (Å²) >= 11 is 1.70. The van der Waals surface area contributed by atoms with Crippen molar-refractivity contribution in [1.29, 1.82) is 5.26 Å². The van der Waals surface area contributed by atoms with Crippen molar-refractivity contribution >= 4 is 11.3 Å². The van der Waals surface area contributed by atoms with Crippen molar-refractivity contribution in [3.63, 3.8) is 0 Å². The van der Waals surface area contributed by atoms with Crippen LogP contribution in [0.25, 0.3) is 5.13 Å². The summed E-state index contributed by atoms with van der Waals surface area (Å²) in [6.07, 6.45) is 7.61. The highest BCUT2D eigenvalue weighted by Gasteiger charge is 2.20. The summed E-state index contributed by atoms with van der Waals surface area (Å²) < 4.78 is 1.78. The molecule has 20 heavy (non-hydrogen) atoms. The second kappa shape index (κ2) is 5.71. The van der Waals surface area contributed by atoms with E-state index in [0.29, 0.717) is 5.69 Å².